The van der Waals surface area contributed by atoms with Gasteiger partial charge in [-0.15, -0.1) is 0 Å². The number of amides is 2. The Bertz CT molecular complexity index is 833. The van der Waals surface area contributed by atoms with E-state index in [1.54, 1.807) is 12.0 Å². The van der Waals surface area contributed by atoms with Crippen molar-refractivity contribution in [3.8, 4) is 5.75 Å². The van der Waals surface area contributed by atoms with Gasteiger partial charge in [-0.3, -0.25) is 9.59 Å². The first-order valence-corrected chi connectivity index (χ1v) is 10.7. The molecule has 0 radical (unpaired) electrons. The third-order valence-corrected chi connectivity index (χ3v) is 5.34. The zero-order valence-electron chi connectivity index (χ0n) is 18.8. The van der Waals surface area contributed by atoms with Crippen LogP contribution in [0.3, 0.4) is 0 Å². The van der Waals surface area contributed by atoms with Crippen LogP contribution < -0.4 is 10.1 Å². The molecule has 0 saturated heterocycles. The molecule has 2 amide bonds. The van der Waals surface area contributed by atoms with Crippen LogP contribution in [0.15, 0.2) is 48.5 Å². The van der Waals surface area contributed by atoms with Crippen LogP contribution in [0.2, 0.25) is 0 Å². The van der Waals surface area contributed by atoms with Crippen molar-refractivity contribution in [2.75, 3.05) is 7.11 Å². The molecule has 5 nitrogen and oxygen atoms in total. The molecule has 0 aromatic heterocycles. The molecule has 2 aromatic carbocycles. The van der Waals surface area contributed by atoms with Crippen LogP contribution in [0, 0.1) is 6.92 Å². The Morgan fingerprint density at radius 3 is 2.30 bits per heavy atom. The molecule has 2 rings (SSSR count). The van der Waals surface area contributed by atoms with Crippen molar-refractivity contribution < 1.29 is 14.3 Å². The summed E-state index contributed by atoms with van der Waals surface area (Å²) in [5, 5.41) is 3.04. The number of rotatable bonds is 10. The van der Waals surface area contributed by atoms with Gasteiger partial charge in [0.2, 0.25) is 11.8 Å². The van der Waals surface area contributed by atoms with Crippen LogP contribution in [-0.4, -0.2) is 35.9 Å². The summed E-state index contributed by atoms with van der Waals surface area (Å²) in [5.74, 6) is 0.595. The lowest BCUT2D eigenvalue weighted by Crippen LogP contribution is -2.51. The summed E-state index contributed by atoms with van der Waals surface area (Å²) in [6.07, 6.45) is 1.64. The van der Waals surface area contributed by atoms with Crippen molar-refractivity contribution in [1.29, 1.82) is 0 Å². The average Bonchev–Trinajstić information content (AvgIpc) is 2.74. The van der Waals surface area contributed by atoms with Crippen molar-refractivity contribution in [3.63, 3.8) is 0 Å². The molecule has 0 spiro atoms. The third kappa shape index (κ3) is 6.61. The average molecular weight is 411 g/mol. The largest absolute Gasteiger partial charge is 0.497 e. The fraction of sp³-hybridized carbons (Fsp3) is 0.440. The number of aryl methyl sites for hydroxylation is 1. The van der Waals surface area contributed by atoms with Gasteiger partial charge in [-0.25, -0.2) is 0 Å². The third-order valence-electron chi connectivity index (χ3n) is 5.34. The topological polar surface area (TPSA) is 58.6 Å². The van der Waals surface area contributed by atoms with Gasteiger partial charge in [-0.2, -0.15) is 0 Å². The van der Waals surface area contributed by atoms with Gasteiger partial charge in [-0.1, -0.05) is 55.8 Å². The first-order chi connectivity index (χ1) is 14.4. The Morgan fingerprint density at radius 2 is 1.73 bits per heavy atom. The van der Waals surface area contributed by atoms with E-state index in [1.165, 1.54) is 0 Å². The van der Waals surface area contributed by atoms with Crippen molar-refractivity contribution >= 4 is 11.8 Å². The van der Waals surface area contributed by atoms with E-state index >= 15 is 0 Å². The number of carbonyl (C=O) groups excluding carboxylic acids is 2. The van der Waals surface area contributed by atoms with Gasteiger partial charge in [-0.05, 0) is 49.9 Å². The van der Waals surface area contributed by atoms with E-state index in [4.69, 9.17) is 4.74 Å². The molecule has 2 unspecified atom stereocenters. The minimum absolute atomic E-state index is 0.0622. The standard InChI is InChI=1S/C25H34N2O3/c1-6-19(4)26-25(29)23(7-2)27(17-21-10-8-9-18(3)15-21)24(28)16-20-11-13-22(30-5)14-12-20/h8-15,19,23H,6-7,16-17H2,1-5H3,(H,26,29). The number of ether oxygens (including phenoxy) is 1. The Hall–Kier alpha value is -2.82. The highest BCUT2D eigenvalue weighted by Crippen LogP contribution is 2.17. The van der Waals surface area contributed by atoms with Crippen molar-refractivity contribution in [1.82, 2.24) is 10.2 Å². The monoisotopic (exact) mass is 410 g/mol. The van der Waals surface area contributed by atoms with E-state index < -0.39 is 6.04 Å². The summed E-state index contributed by atoms with van der Waals surface area (Å²) in [7, 11) is 1.62. The van der Waals surface area contributed by atoms with E-state index in [1.807, 2.05) is 70.2 Å². The summed E-state index contributed by atoms with van der Waals surface area (Å²) in [4.78, 5) is 28.0. The van der Waals surface area contributed by atoms with Crippen molar-refractivity contribution in [2.24, 2.45) is 0 Å². The number of carbonyl (C=O) groups is 2. The minimum Gasteiger partial charge on any atom is -0.497 e. The molecule has 0 heterocycles. The minimum atomic E-state index is -0.509. The Morgan fingerprint density at radius 1 is 1.03 bits per heavy atom. The van der Waals surface area contributed by atoms with Gasteiger partial charge < -0.3 is 15.0 Å². The first-order valence-electron chi connectivity index (χ1n) is 10.7. The molecule has 162 valence electrons. The summed E-state index contributed by atoms with van der Waals surface area (Å²) >= 11 is 0. The maximum absolute atomic E-state index is 13.3. The maximum atomic E-state index is 13.3. The summed E-state index contributed by atoms with van der Waals surface area (Å²) in [5.41, 5.74) is 3.05. The smallest absolute Gasteiger partial charge is 0.243 e. The SMILES string of the molecule is CCC(C)NC(=O)C(CC)N(Cc1cccc(C)c1)C(=O)Cc1ccc(OC)cc1. The molecule has 30 heavy (non-hydrogen) atoms. The maximum Gasteiger partial charge on any atom is 0.243 e. The highest BCUT2D eigenvalue weighted by atomic mass is 16.5. The normalized spacial score (nSPS) is 12.7. The lowest BCUT2D eigenvalue weighted by atomic mass is 10.1. The molecule has 1 N–H and O–H groups in total. The van der Waals surface area contributed by atoms with Crippen LogP contribution in [-0.2, 0) is 22.6 Å². The molecule has 0 fully saturated rings. The van der Waals surface area contributed by atoms with Crippen LogP contribution in [0.1, 0.15) is 50.3 Å². The van der Waals surface area contributed by atoms with Crippen molar-refractivity contribution in [2.45, 2.75) is 65.6 Å². The number of nitrogens with one attached hydrogen (secondary N) is 1. The zero-order valence-corrected chi connectivity index (χ0v) is 18.8. The Labute approximate surface area is 180 Å². The molecule has 0 saturated carbocycles. The van der Waals surface area contributed by atoms with Gasteiger partial charge in [0.15, 0.2) is 0 Å². The lowest BCUT2D eigenvalue weighted by Gasteiger charge is -2.31. The van der Waals surface area contributed by atoms with E-state index in [9.17, 15) is 9.59 Å². The van der Waals surface area contributed by atoms with Crippen LogP contribution in [0.4, 0.5) is 0 Å². The van der Waals surface area contributed by atoms with Gasteiger partial charge >= 0.3 is 0 Å². The van der Waals surface area contributed by atoms with E-state index in [-0.39, 0.29) is 24.3 Å². The summed E-state index contributed by atoms with van der Waals surface area (Å²) in [6, 6.07) is 15.1. The predicted molar refractivity (Wildman–Crippen MR) is 120 cm³/mol. The molecule has 0 bridgehead atoms. The Kier molecular flexibility index (Phi) is 8.90. The summed E-state index contributed by atoms with van der Waals surface area (Å²) < 4.78 is 5.20. The molecule has 5 heteroatoms. The number of methoxy groups -OCH3 is 1. The molecular weight excluding hydrogens is 376 g/mol. The highest BCUT2D eigenvalue weighted by Gasteiger charge is 2.29. The fourth-order valence-corrected chi connectivity index (χ4v) is 3.39. The molecule has 2 aromatic rings. The van der Waals surface area contributed by atoms with Crippen LogP contribution in [0.5, 0.6) is 5.75 Å². The van der Waals surface area contributed by atoms with Crippen molar-refractivity contribution in [3.05, 3.63) is 65.2 Å². The van der Waals surface area contributed by atoms with Crippen LogP contribution >= 0.6 is 0 Å². The lowest BCUT2D eigenvalue weighted by molar-refractivity contribution is -0.141. The second-order valence-corrected chi connectivity index (χ2v) is 7.78. The second-order valence-electron chi connectivity index (χ2n) is 7.78. The summed E-state index contributed by atoms with van der Waals surface area (Å²) in [6.45, 7) is 8.40. The quantitative estimate of drug-likeness (QED) is 0.636. The predicted octanol–water partition coefficient (Wildman–Crippen LogP) is 4.27. The highest BCUT2D eigenvalue weighted by molar-refractivity contribution is 5.88. The number of hydrogen-bond donors (Lipinski definition) is 1. The van der Waals surface area contributed by atoms with Crippen LogP contribution in [0.25, 0.3) is 0 Å². The van der Waals surface area contributed by atoms with E-state index in [2.05, 4.69) is 11.4 Å². The molecule has 0 aliphatic carbocycles. The first kappa shape index (κ1) is 23.5. The molecular formula is C25H34N2O3. The Balaban J connectivity index is 2.27. The zero-order chi connectivity index (χ0) is 22.1. The number of hydrogen-bond acceptors (Lipinski definition) is 3. The molecule has 0 aliphatic heterocycles. The van der Waals surface area contributed by atoms with E-state index in [0.29, 0.717) is 13.0 Å². The van der Waals surface area contributed by atoms with Gasteiger partial charge in [0, 0.05) is 12.6 Å². The van der Waals surface area contributed by atoms with E-state index in [0.717, 1.165) is 28.9 Å². The molecule has 0 aliphatic rings. The number of benzene rings is 2. The van der Waals surface area contributed by atoms with Gasteiger partial charge in [0.25, 0.3) is 0 Å². The molecule has 2 atom stereocenters. The van der Waals surface area contributed by atoms with Gasteiger partial charge in [0.05, 0.1) is 13.5 Å². The second kappa shape index (κ2) is 11.4. The fourth-order valence-electron chi connectivity index (χ4n) is 3.39. The van der Waals surface area contributed by atoms with Gasteiger partial charge in [0.1, 0.15) is 11.8 Å². The number of nitrogens with zero attached hydrogens (tertiary/aromatic N) is 1.